The summed E-state index contributed by atoms with van der Waals surface area (Å²) in [5, 5.41) is 3.61. The number of hydrogen-bond acceptors (Lipinski definition) is 1. The molecule has 0 amide bonds. The first-order valence-electron chi connectivity index (χ1n) is 8.09. The molecule has 0 spiro atoms. The van der Waals surface area contributed by atoms with Crippen LogP contribution < -0.4 is 5.32 Å². The largest absolute Gasteiger partial charge is 0.314 e. The van der Waals surface area contributed by atoms with Gasteiger partial charge in [0.05, 0.1) is 0 Å². The molecule has 0 aliphatic carbocycles. The maximum Gasteiger partial charge on any atom is 0.124 e. The fraction of sp³-hybridized carbons (Fsp3) is 0.667. The molecule has 1 atom stereocenters. The summed E-state index contributed by atoms with van der Waals surface area (Å²) in [6.07, 6.45) is 5.80. The Morgan fingerprint density at radius 3 is 2.52 bits per heavy atom. The lowest BCUT2D eigenvalue weighted by atomic mass is 9.75. The maximum atomic E-state index is 13.3. The first-order valence-corrected chi connectivity index (χ1v) is 8.89. The number of nitrogens with one attached hydrogen (secondary N) is 1. The van der Waals surface area contributed by atoms with Crippen LogP contribution in [0.25, 0.3) is 0 Å². The fourth-order valence-electron chi connectivity index (χ4n) is 2.71. The van der Waals surface area contributed by atoms with Crippen molar-refractivity contribution >= 4 is 15.9 Å². The lowest BCUT2D eigenvalue weighted by Crippen LogP contribution is -2.39. The van der Waals surface area contributed by atoms with E-state index in [0.29, 0.717) is 6.04 Å². The second-order valence-electron chi connectivity index (χ2n) is 6.41. The molecular weight excluding hydrogens is 329 g/mol. The summed E-state index contributed by atoms with van der Waals surface area (Å²) in [5.41, 5.74) is 1.46. The highest BCUT2D eigenvalue weighted by molar-refractivity contribution is 9.10. The Kier molecular flexibility index (Phi) is 7.89. The molecule has 21 heavy (non-hydrogen) atoms. The topological polar surface area (TPSA) is 12.0 Å². The van der Waals surface area contributed by atoms with Crippen molar-refractivity contribution in [1.82, 2.24) is 5.32 Å². The fourth-order valence-corrected chi connectivity index (χ4v) is 3.20. The predicted octanol–water partition coefficient (Wildman–Crippen LogP) is 5.72. The normalized spacial score (nSPS) is 14.4. The van der Waals surface area contributed by atoms with Crippen LogP contribution in [0.2, 0.25) is 0 Å². The molecule has 1 N–H and O–H groups in total. The van der Waals surface area contributed by atoms with Gasteiger partial charge in [-0.25, -0.2) is 4.39 Å². The molecule has 0 heterocycles. The van der Waals surface area contributed by atoms with Crippen molar-refractivity contribution in [3.63, 3.8) is 0 Å². The molecule has 0 aliphatic rings. The number of rotatable bonds is 9. The summed E-state index contributed by atoms with van der Waals surface area (Å²) < 4.78 is 14.2. The maximum absolute atomic E-state index is 13.3. The van der Waals surface area contributed by atoms with E-state index >= 15 is 0 Å². The van der Waals surface area contributed by atoms with Crippen LogP contribution >= 0.6 is 15.9 Å². The first kappa shape index (κ1) is 18.6. The van der Waals surface area contributed by atoms with E-state index in [4.69, 9.17) is 0 Å². The van der Waals surface area contributed by atoms with Gasteiger partial charge in [-0.15, -0.1) is 0 Å². The standard InChI is InChI=1S/C18H29BrFN/c1-5-7-10-18(6-2,13-21-14(3)4)12-15-8-9-16(20)11-17(15)19/h8-9,11,14,21H,5-7,10,12-13H2,1-4H3. The third kappa shape index (κ3) is 6.07. The zero-order valence-electron chi connectivity index (χ0n) is 13.8. The monoisotopic (exact) mass is 357 g/mol. The molecule has 0 radical (unpaired) electrons. The van der Waals surface area contributed by atoms with Crippen molar-refractivity contribution in [2.45, 2.75) is 65.8 Å². The van der Waals surface area contributed by atoms with Gasteiger partial charge in [0.25, 0.3) is 0 Å². The lowest BCUT2D eigenvalue weighted by Gasteiger charge is -2.35. The summed E-state index contributed by atoms with van der Waals surface area (Å²) in [7, 11) is 0. The van der Waals surface area contributed by atoms with E-state index in [1.165, 1.54) is 24.8 Å². The van der Waals surface area contributed by atoms with Crippen molar-refractivity contribution in [3.8, 4) is 0 Å². The van der Waals surface area contributed by atoms with Crippen molar-refractivity contribution < 1.29 is 4.39 Å². The quantitative estimate of drug-likeness (QED) is 0.596. The smallest absolute Gasteiger partial charge is 0.124 e. The lowest BCUT2D eigenvalue weighted by molar-refractivity contribution is 0.222. The van der Waals surface area contributed by atoms with Crippen LogP contribution in [0, 0.1) is 11.2 Å². The van der Waals surface area contributed by atoms with E-state index in [2.05, 4.69) is 48.9 Å². The molecular formula is C18H29BrFN. The Bertz CT molecular complexity index is 433. The van der Waals surface area contributed by atoms with Crippen LogP contribution in [0.5, 0.6) is 0 Å². The third-order valence-electron chi connectivity index (χ3n) is 4.28. The average Bonchev–Trinajstić information content (AvgIpc) is 2.44. The Labute approximate surface area is 137 Å². The molecule has 0 fully saturated rings. The van der Waals surface area contributed by atoms with Gasteiger partial charge in [-0.05, 0) is 42.4 Å². The Morgan fingerprint density at radius 2 is 2.00 bits per heavy atom. The van der Waals surface area contributed by atoms with Gasteiger partial charge in [-0.3, -0.25) is 0 Å². The minimum Gasteiger partial charge on any atom is -0.314 e. The van der Waals surface area contributed by atoms with E-state index in [0.717, 1.165) is 23.9 Å². The van der Waals surface area contributed by atoms with E-state index in [1.54, 1.807) is 12.1 Å². The van der Waals surface area contributed by atoms with Crippen molar-refractivity contribution in [3.05, 3.63) is 34.1 Å². The molecule has 0 aliphatic heterocycles. The van der Waals surface area contributed by atoms with Crippen LogP contribution in [0.3, 0.4) is 0 Å². The molecule has 0 bridgehead atoms. The van der Waals surface area contributed by atoms with Gasteiger partial charge in [0, 0.05) is 17.1 Å². The van der Waals surface area contributed by atoms with Gasteiger partial charge < -0.3 is 5.32 Å². The van der Waals surface area contributed by atoms with Crippen LogP contribution in [-0.2, 0) is 6.42 Å². The van der Waals surface area contributed by atoms with Gasteiger partial charge in [0.2, 0.25) is 0 Å². The number of benzene rings is 1. The molecule has 1 aromatic rings. The second kappa shape index (κ2) is 8.89. The predicted molar refractivity (Wildman–Crippen MR) is 93.2 cm³/mol. The molecule has 1 unspecified atom stereocenters. The molecule has 1 nitrogen and oxygen atoms in total. The van der Waals surface area contributed by atoms with Crippen molar-refractivity contribution in [2.24, 2.45) is 5.41 Å². The van der Waals surface area contributed by atoms with E-state index in [9.17, 15) is 4.39 Å². The summed E-state index contributed by atoms with van der Waals surface area (Å²) in [4.78, 5) is 0. The Balaban J connectivity index is 2.92. The zero-order chi connectivity index (χ0) is 15.9. The van der Waals surface area contributed by atoms with E-state index in [1.807, 2.05) is 6.07 Å². The molecule has 0 saturated carbocycles. The highest BCUT2D eigenvalue weighted by Crippen LogP contribution is 2.35. The zero-order valence-corrected chi connectivity index (χ0v) is 15.4. The SMILES string of the molecule is CCCCC(CC)(CNC(C)C)Cc1ccc(F)cc1Br. The highest BCUT2D eigenvalue weighted by Gasteiger charge is 2.28. The Hall–Kier alpha value is -0.410. The number of unbranched alkanes of at least 4 members (excludes halogenated alkanes) is 1. The van der Waals surface area contributed by atoms with Gasteiger partial charge >= 0.3 is 0 Å². The van der Waals surface area contributed by atoms with Gasteiger partial charge in [-0.2, -0.15) is 0 Å². The summed E-state index contributed by atoms with van der Waals surface area (Å²) >= 11 is 3.52. The number of hydrogen-bond donors (Lipinski definition) is 1. The minimum atomic E-state index is -0.179. The van der Waals surface area contributed by atoms with Gasteiger partial charge in [0.15, 0.2) is 0 Å². The third-order valence-corrected chi connectivity index (χ3v) is 5.01. The first-order chi connectivity index (χ1) is 9.92. The number of halogens is 2. The molecule has 120 valence electrons. The molecule has 0 saturated heterocycles. The van der Waals surface area contributed by atoms with Crippen LogP contribution in [0.1, 0.15) is 58.9 Å². The summed E-state index contributed by atoms with van der Waals surface area (Å²) in [5.74, 6) is -0.179. The van der Waals surface area contributed by atoms with Crippen LogP contribution in [-0.4, -0.2) is 12.6 Å². The average molecular weight is 358 g/mol. The second-order valence-corrected chi connectivity index (χ2v) is 7.26. The van der Waals surface area contributed by atoms with Crippen LogP contribution in [0.15, 0.2) is 22.7 Å². The molecule has 0 aromatic heterocycles. The van der Waals surface area contributed by atoms with Crippen LogP contribution in [0.4, 0.5) is 4.39 Å². The Morgan fingerprint density at radius 1 is 1.29 bits per heavy atom. The minimum absolute atomic E-state index is 0.179. The molecule has 1 rings (SSSR count). The molecule has 3 heteroatoms. The van der Waals surface area contributed by atoms with Gasteiger partial charge in [-0.1, -0.05) is 62.5 Å². The summed E-state index contributed by atoms with van der Waals surface area (Å²) in [6.45, 7) is 9.91. The van der Waals surface area contributed by atoms with Crippen molar-refractivity contribution in [1.29, 1.82) is 0 Å². The van der Waals surface area contributed by atoms with Crippen molar-refractivity contribution in [2.75, 3.05) is 6.54 Å². The highest BCUT2D eigenvalue weighted by atomic mass is 79.9. The summed E-state index contributed by atoms with van der Waals surface area (Å²) in [6, 6.07) is 5.56. The van der Waals surface area contributed by atoms with E-state index < -0.39 is 0 Å². The molecule has 1 aromatic carbocycles. The van der Waals surface area contributed by atoms with E-state index in [-0.39, 0.29) is 11.2 Å². The van der Waals surface area contributed by atoms with Gasteiger partial charge in [0.1, 0.15) is 5.82 Å².